The van der Waals surface area contributed by atoms with Gasteiger partial charge < -0.3 is 0 Å². The molecule has 0 heterocycles. The van der Waals surface area contributed by atoms with Crippen LogP contribution in [0.4, 0.5) is 26.3 Å². The molecule has 0 unspecified atom stereocenters. The Morgan fingerprint density at radius 1 is 1.11 bits per heavy atom. The lowest BCUT2D eigenvalue weighted by Gasteiger charge is -2.21. The quantitative estimate of drug-likeness (QED) is 0.443. The molecule has 0 saturated carbocycles. The first-order valence-corrected chi connectivity index (χ1v) is 4.83. The molecular formula is C11H6F6O2. The summed E-state index contributed by atoms with van der Waals surface area (Å²) < 4.78 is 75.1. The van der Waals surface area contributed by atoms with Crippen molar-refractivity contribution in [2.24, 2.45) is 0 Å². The molecule has 0 radical (unpaired) electrons. The number of carbonyl (C=O) groups is 2. The Morgan fingerprint density at radius 3 is 2.05 bits per heavy atom. The zero-order valence-electron chi connectivity index (χ0n) is 9.10. The van der Waals surface area contributed by atoms with Crippen molar-refractivity contribution < 1.29 is 35.9 Å². The maximum Gasteiger partial charge on any atom is 0.421 e. The summed E-state index contributed by atoms with van der Waals surface area (Å²) in [5, 5.41) is 0. The first-order chi connectivity index (χ1) is 8.59. The van der Waals surface area contributed by atoms with Gasteiger partial charge in [0.1, 0.15) is 5.57 Å². The lowest BCUT2D eigenvalue weighted by molar-refractivity contribution is -0.173. The second kappa shape index (κ2) is 5.02. The van der Waals surface area contributed by atoms with Gasteiger partial charge in [0.2, 0.25) is 5.78 Å². The number of ketones is 1. The molecule has 0 fully saturated rings. The summed E-state index contributed by atoms with van der Waals surface area (Å²) in [4.78, 5) is 21.4. The molecule has 0 aliphatic heterocycles. The maximum atomic E-state index is 12.5. The highest BCUT2D eigenvalue weighted by molar-refractivity contribution is 6.34. The molecule has 0 aromatic heterocycles. The molecule has 2 nitrogen and oxygen atoms in total. The van der Waals surface area contributed by atoms with Crippen molar-refractivity contribution in [2.45, 2.75) is 18.8 Å². The molecule has 1 rings (SSSR count). The average Bonchev–Trinajstić information content (AvgIpc) is 2.25. The van der Waals surface area contributed by atoms with E-state index < -0.39 is 41.3 Å². The molecule has 0 spiro atoms. The fourth-order valence-corrected chi connectivity index (χ4v) is 1.59. The van der Waals surface area contributed by atoms with Crippen molar-refractivity contribution >= 4 is 12.1 Å². The molecule has 1 aliphatic rings. The number of alkyl halides is 6. The van der Waals surface area contributed by atoms with E-state index in [-0.39, 0.29) is 6.29 Å². The highest BCUT2D eigenvalue weighted by Crippen LogP contribution is 2.43. The van der Waals surface area contributed by atoms with Crippen LogP contribution in [0.15, 0.2) is 34.9 Å². The molecule has 0 bridgehead atoms. The molecule has 8 heteroatoms. The molecule has 19 heavy (non-hydrogen) atoms. The monoisotopic (exact) mass is 284 g/mol. The van der Waals surface area contributed by atoms with Gasteiger partial charge in [0.25, 0.3) is 0 Å². The third-order valence-electron chi connectivity index (χ3n) is 2.29. The molecule has 0 N–H and O–H groups in total. The Labute approximate surface area is 103 Å². The van der Waals surface area contributed by atoms with Crippen LogP contribution in [0.2, 0.25) is 0 Å². The second-order valence-corrected chi connectivity index (χ2v) is 3.54. The molecule has 0 saturated heterocycles. The summed E-state index contributed by atoms with van der Waals surface area (Å²) in [6, 6.07) is 0. The first kappa shape index (κ1) is 15.2. The third-order valence-corrected chi connectivity index (χ3v) is 2.29. The molecule has 0 amide bonds. The van der Waals surface area contributed by atoms with Crippen LogP contribution < -0.4 is 0 Å². The topological polar surface area (TPSA) is 34.1 Å². The standard InChI is InChI=1S/C11H6F6O2/c12-10(13,14)9(11(15,16)17)7-4-2-1-3-6(7)8(19)5-18/h1-3,5H,4H2. The van der Waals surface area contributed by atoms with E-state index >= 15 is 0 Å². The molecule has 1 aliphatic carbocycles. The SMILES string of the molecule is O=CC(=O)C1=CC=CCC1=C(C(F)(F)F)C(F)(F)F. The van der Waals surface area contributed by atoms with Gasteiger partial charge in [0.15, 0.2) is 6.29 Å². The van der Waals surface area contributed by atoms with Crippen LogP contribution in [0.3, 0.4) is 0 Å². The summed E-state index contributed by atoms with van der Waals surface area (Å²) >= 11 is 0. The average molecular weight is 284 g/mol. The summed E-state index contributed by atoms with van der Waals surface area (Å²) in [5.74, 6) is -1.43. The Kier molecular flexibility index (Phi) is 4.02. The molecule has 104 valence electrons. The minimum absolute atomic E-state index is 0.324. The zero-order valence-corrected chi connectivity index (χ0v) is 9.10. The fraction of sp³-hybridized carbons (Fsp3) is 0.273. The zero-order chi connectivity index (χ0) is 14.8. The van der Waals surface area contributed by atoms with E-state index in [0.717, 1.165) is 18.2 Å². The Balaban J connectivity index is 3.54. The van der Waals surface area contributed by atoms with E-state index in [4.69, 9.17) is 0 Å². The number of allylic oxidation sites excluding steroid dienone is 6. The largest absolute Gasteiger partial charge is 0.421 e. The van der Waals surface area contributed by atoms with Crippen LogP contribution in [0, 0.1) is 0 Å². The van der Waals surface area contributed by atoms with E-state index in [1.807, 2.05) is 0 Å². The summed E-state index contributed by atoms with van der Waals surface area (Å²) in [6.45, 7) is 0. The van der Waals surface area contributed by atoms with E-state index in [0.29, 0.717) is 0 Å². The van der Waals surface area contributed by atoms with Gasteiger partial charge in [-0.1, -0.05) is 18.2 Å². The van der Waals surface area contributed by atoms with Crippen LogP contribution in [0.25, 0.3) is 0 Å². The predicted octanol–water partition coefficient (Wildman–Crippen LogP) is 3.06. The lowest BCUT2D eigenvalue weighted by atomic mass is 9.90. The van der Waals surface area contributed by atoms with Gasteiger partial charge in [-0.05, 0) is 12.0 Å². The number of hydrogen-bond acceptors (Lipinski definition) is 2. The van der Waals surface area contributed by atoms with Crippen molar-refractivity contribution in [3.8, 4) is 0 Å². The highest BCUT2D eigenvalue weighted by Gasteiger charge is 2.53. The van der Waals surface area contributed by atoms with Gasteiger partial charge in [0.05, 0.1) is 0 Å². The Morgan fingerprint density at radius 2 is 1.63 bits per heavy atom. The van der Waals surface area contributed by atoms with E-state index in [2.05, 4.69) is 0 Å². The molecule has 0 aromatic carbocycles. The Hall–Kier alpha value is -1.86. The summed E-state index contributed by atoms with van der Waals surface area (Å²) in [6.07, 6.45) is -9.47. The van der Waals surface area contributed by atoms with Crippen LogP contribution in [0.5, 0.6) is 0 Å². The van der Waals surface area contributed by atoms with Crippen LogP contribution >= 0.6 is 0 Å². The number of carbonyl (C=O) groups excluding carboxylic acids is 2. The number of hydrogen-bond donors (Lipinski definition) is 0. The van der Waals surface area contributed by atoms with Crippen molar-refractivity contribution in [1.82, 2.24) is 0 Å². The predicted molar refractivity (Wildman–Crippen MR) is 52.0 cm³/mol. The minimum Gasteiger partial charge on any atom is -0.294 e. The third kappa shape index (κ3) is 3.33. The van der Waals surface area contributed by atoms with Gasteiger partial charge in [-0.25, -0.2) is 0 Å². The molecule has 0 atom stereocenters. The van der Waals surface area contributed by atoms with Gasteiger partial charge in [-0.15, -0.1) is 0 Å². The lowest BCUT2D eigenvalue weighted by Crippen LogP contribution is -2.29. The van der Waals surface area contributed by atoms with E-state index in [9.17, 15) is 35.9 Å². The van der Waals surface area contributed by atoms with Crippen molar-refractivity contribution in [3.63, 3.8) is 0 Å². The van der Waals surface area contributed by atoms with Crippen LogP contribution in [0.1, 0.15) is 6.42 Å². The normalized spacial score (nSPS) is 16.1. The van der Waals surface area contributed by atoms with Crippen LogP contribution in [-0.2, 0) is 9.59 Å². The number of halogens is 6. The van der Waals surface area contributed by atoms with Gasteiger partial charge in [-0.3, -0.25) is 9.59 Å². The maximum absolute atomic E-state index is 12.5. The fourth-order valence-electron chi connectivity index (χ4n) is 1.59. The van der Waals surface area contributed by atoms with Crippen molar-refractivity contribution in [3.05, 3.63) is 34.9 Å². The van der Waals surface area contributed by atoms with Gasteiger partial charge in [-0.2, -0.15) is 26.3 Å². The number of aldehydes is 1. The highest BCUT2D eigenvalue weighted by atomic mass is 19.4. The van der Waals surface area contributed by atoms with Crippen LogP contribution in [-0.4, -0.2) is 24.4 Å². The van der Waals surface area contributed by atoms with E-state index in [1.54, 1.807) is 0 Å². The number of Topliss-reactive ketones (excluding diaryl/α,β-unsaturated/α-hetero) is 1. The van der Waals surface area contributed by atoms with Crippen molar-refractivity contribution in [1.29, 1.82) is 0 Å². The molecule has 0 aromatic rings. The van der Waals surface area contributed by atoms with Gasteiger partial charge in [0, 0.05) is 5.57 Å². The van der Waals surface area contributed by atoms with Gasteiger partial charge >= 0.3 is 12.4 Å². The summed E-state index contributed by atoms with van der Waals surface area (Å²) in [7, 11) is 0. The smallest absolute Gasteiger partial charge is 0.294 e. The molecular weight excluding hydrogens is 278 g/mol. The van der Waals surface area contributed by atoms with E-state index in [1.165, 1.54) is 0 Å². The minimum atomic E-state index is -5.67. The second-order valence-electron chi connectivity index (χ2n) is 3.54. The van der Waals surface area contributed by atoms with Crippen molar-refractivity contribution in [2.75, 3.05) is 0 Å². The Bertz CT molecular complexity index is 474. The first-order valence-electron chi connectivity index (χ1n) is 4.83. The summed E-state index contributed by atoms with van der Waals surface area (Å²) in [5.41, 5.74) is -4.88. The number of rotatable bonds is 2.